The van der Waals surface area contributed by atoms with E-state index in [9.17, 15) is 4.79 Å². The summed E-state index contributed by atoms with van der Waals surface area (Å²) in [7, 11) is 0. The number of hydrogen-bond acceptors (Lipinski definition) is 3. The minimum atomic E-state index is 0. The highest BCUT2D eigenvalue weighted by Crippen LogP contribution is 2.37. The number of aryl methyl sites for hydroxylation is 1. The zero-order chi connectivity index (χ0) is 14.1. The summed E-state index contributed by atoms with van der Waals surface area (Å²) in [5.74, 6) is 1.11. The summed E-state index contributed by atoms with van der Waals surface area (Å²) in [4.78, 5) is 16.5. The maximum Gasteiger partial charge on any atom is 0.230 e. The number of nitrogens with zero attached hydrogens (tertiary/aromatic N) is 1. The third kappa shape index (κ3) is 3.27. The Hall–Kier alpha value is -0.580. The first-order valence-corrected chi connectivity index (χ1v) is 8.65. The Morgan fingerprint density at radius 1 is 1.48 bits per heavy atom. The standard InChI is InChI=1S/C16H24N2OS.ClH/c1-11-5-7-18(12(9-11)10-17)16(19)14-3-2-4-15-13(14)6-8-20-15;/h6,8,11-12,14H,2-5,7,9-10,17H2,1H3;1H. The van der Waals surface area contributed by atoms with E-state index in [1.807, 2.05) is 0 Å². The largest absolute Gasteiger partial charge is 0.338 e. The SMILES string of the molecule is CC1CCN(C(=O)C2CCCc3sccc32)C(CN)C1.Cl. The quantitative estimate of drug-likeness (QED) is 0.906. The summed E-state index contributed by atoms with van der Waals surface area (Å²) >= 11 is 1.80. The van der Waals surface area contributed by atoms with Crippen molar-refractivity contribution in [3.05, 3.63) is 21.9 Å². The van der Waals surface area contributed by atoms with Crippen LogP contribution in [0.25, 0.3) is 0 Å². The molecule has 1 aromatic rings. The lowest BCUT2D eigenvalue weighted by atomic mass is 9.84. The van der Waals surface area contributed by atoms with Gasteiger partial charge in [-0.1, -0.05) is 6.92 Å². The smallest absolute Gasteiger partial charge is 0.230 e. The molecule has 3 rings (SSSR count). The van der Waals surface area contributed by atoms with E-state index >= 15 is 0 Å². The average Bonchev–Trinajstić information content (AvgIpc) is 2.94. The fourth-order valence-electron chi connectivity index (χ4n) is 3.71. The van der Waals surface area contributed by atoms with Crippen molar-refractivity contribution < 1.29 is 4.79 Å². The normalized spacial score (nSPS) is 28.7. The number of rotatable bonds is 2. The molecular formula is C16H25ClN2OS. The molecule has 0 spiro atoms. The second-order valence-corrected chi connectivity index (χ2v) is 7.30. The molecule has 2 N–H and O–H groups in total. The van der Waals surface area contributed by atoms with Crippen LogP contribution in [0.3, 0.4) is 0 Å². The van der Waals surface area contributed by atoms with Gasteiger partial charge in [-0.2, -0.15) is 0 Å². The molecule has 2 heterocycles. The van der Waals surface area contributed by atoms with Crippen molar-refractivity contribution in [2.75, 3.05) is 13.1 Å². The molecule has 3 atom stereocenters. The van der Waals surface area contributed by atoms with Gasteiger partial charge >= 0.3 is 0 Å². The van der Waals surface area contributed by atoms with Crippen LogP contribution in [0.4, 0.5) is 0 Å². The van der Waals surface area contributed by atoms with Crippen LogP contribution in [0, 0.1) is 5.92 Å². The molecule has 1 aromatic heterocycles. The number of carbonyl (C=O) groups is 1. The molecule has 2 aliphatic rings. The van der Waals surface area contributed by atoms with Gasteiger partial charge in [0.15, 0.2) is 0 Å². The molecule has 0 aromatic carbocycles. The van der Waals surface area contributed by atoms with Crippen LogP contribution in [0.15, 0.2) is 11.4 Å². The number of nitrogens with two attached hydrogens (primary N) is 1. The Bertz CT molecular complexity index is 490. The van der Waals surface area contributed by atoms with Crippen molar-refractivity contribution in [1.82, 2.24) is 4.90 Å². The monoisotopic (exact) mass is 328 g/mol. The van der Waals surface area contributed by atoms with Gasteiger partial charge in [0, 0.05) is 24.0 Å². The van der Waals surface area contributed by atoms with Crippen LogP contribution in [0.2, 0.25) is 0 Å². The summed E-state index contributed by atoms with van der Waals surface area (Å²) in [6, 6.07) is 2.40. The van der Waals surface area contributed by atoms with Gasteiger partial charge in [0.2, 0.25) is 5.91 Å². The van der Waals surface area contributed by atoms with E-state index in [0.717, 1.165) is 38.6 Å². The van der Waals surface area contributed by atoms with Gasteiger partial charge in [0.25, 0.3) is 0 Å². The Labute approximate surface area is 137 Å². The van der Waals surface area contributed by atoms with Crippen molar-refractivity contribution in [2.45, 2.75) is 51.0 Å². The molecule has 3 unspecified atom stereocenters. The van der Waals surface area contributed by atoms with E-state index in [2.05, 4.69) is 23.3 Å². The van der Waals surface area contributed by atoms with Crippen molar-refractivity contribution in [3.63, 3.8) is 0 Å². The fraction of sp³-hybridized carbons (Fsp3) is 0.688. The van der Waals surface area contributed by atoms with E-state index in [1.54, 1.807) is 11.3 Å². The van der Waals surface area contributed by atoms with E-state index in [4.69, 9.17) is 5.73 Å². The van der Waals surface area contributed by atoms with Gasteiger partial charge < -0.3 is 10.6 Å². The van der Waals surface area contributed by atoms with Crippen molar-refractivity contribution >= 4 is 29.7 Å². The van der Waals surface area contributed by atoms with E-state index in [1.165, 1.54) is 10.4 Å². The van der Waals surface area contributed by atoms with Crippen LogP contribution < -0.4 is 5.73 Å². The average molecular weight is 329 g/mol. The maximum atomic E-state index is 13.0. The summed E-state index contributed by atoms with van der Waals surface area (Å²) in [6.45, 7) is 3.75. The lowest BCUT2D eigenvalue weighted by Crippen LogP contribution is -2.51. The number of hydrogen-bond donors (Lipinski definition) is 1. The minimum absolute atomic E-state index is 0. The van der Waals surface area contributed by atoms with Crippen molar-refractivity contribution in [2.24, 2.45) is 11.7 Å². The highest BCUT2D eigenvalue weighted by atomic mass is 35.5. The van der Waals surface area contributed by atoms with Crippen LogP contribution >= 0.6 is 23.7 Å². The molecule has 1 aliphatic heterocycles. The van der Waals surface area contributed by atoms with Crippen LogP contribution in [0.5, 0.6) is 0 Å². The topological polar surface area (TPSA) is 46.3 Å². The molecule has 1 aliphatic carbocycles. The van der Waals surface area contributed by atoms with Gasteiger partial charge in [-0.05, 0) is 55.0 Å². The second-order valence-electron chi connectivity index (χ2n) is 6.29. The summed E-state index contributed by atoms with van der Waals surface area (Å²) in [6.07, 6.45) is 5.47. The highest BCUT2D eigenvalue weighted by molar-refractivity contribution is 7.10. The molecule has 5 heteroatoms. The molecular weight excluding hydrogens is 304 g/mol. The van der Waals surface area contributed by atoms with Gasteiger partial charge in [0.05, 0.1) is 5.92 Å². The molecule has 118 valence electrons. The van der Waals surface area contributed by atoms with Crippen LogP contribution in [0.1, 0.15) is 49.0 Å². The third-order valence-electron chi connectivity index (χ3n) is 4.88. The third-order valence-corrected chi connectivity index (χ3v) is 5.88. The van der Waals surface area contributed by atoms with E-state index < -0.39 is 0 Å². The first kappa shape index (κ1) is 16.8. The molecule has 3 nitrogen and oxygen atoms in total. The number of thiophene rings is 1. The fourth-order valence-corrected chi connectivity index (χ4v) is 4.70. The van der Waals surface area contributed by atoms with Crippen molar-refractivity contribution in [3.8, 4) is 0 Å². The zero-order valence-electron chi connectivity index (χ0n) is 12.6. The van der Waals surface area contributed by atoms with Crippen molar-refractivity contribution in [1.29, 1.82) is 0 Å². The number of halogens is 1. The molecule has 0 saturated carbocycles. The molecule has 0 radical (unpaired) electrons. The second kappa shape index (κ2) is 7.12. The van der Waals surface area contributed by atoms with Gasteiger partial charge in [-0.3, -0.25) is 4.79 Å². The predicted octanol–water partition coefficient (Wildman–Crippen LogP) is 3.18. The van der Waals surface area contributed by atoms with Crippen LogP contribution in [-0.4, -0.2) is 29.9 Å². The summed E-state index contributed by atoms with van der Waals surface area (Å²) in [5.41, 5.74) is 7.20. The van der Waals surface area contributed by atoms with Gasteiger partial charge in [0.1, 0.15) is 0 Å². The molecule has 21 heavy (non-hydrogen) atoms. The van der Waals surface area contributed by atoms with E-state index in [0.29, 0.717) is 18.4 Å². The number of amides is 1. The molecule has 1 amide bonds. The maximum absolute atomic E-state index is 13.0. The van der Waals surface area contributed by atoms with Crippen LogP contribution in [-0.2, 0) is 11.2 Å². The zero-order valence-corrected chi connectivity index (χ0v) is 14.2. The number of piperidine rings is 1. The predicted molar refractivity (Wildman–Crippen MR) is 90.2 cm³/mol. The lowest BCUT2D eigenvalue weighted by molar-refractivity contribution is -0.137. The van der Waals surface area contributed by atoms with E-state index in [-0.39, 0.29) is 24.4 Å². The molecule has 1 fully saturated rings. The Balaban J connectivity index is 0.00000161. The Morgan fingerprint density at radius 3 is 3.05 bits per heavy atom. The Morgan fingerprint density at radius 2 is 2.29 bits per heavy atom. The minimum Gasteiger partial charge on any atom is -0.338 e. The lowest BCUT2D eigenvalue weighted by Gasteiger charge is -2.40. The molecule has 1 saturated heterocycles. The summed E-state index contributed by atoms with van der Waals surface area (Å²) in [5, 5.41) is 2.13. The number of likely N-dealkylation sites (tertiary alicyclic amines) is 1. The van der Waals surface area contributed by atoms with Gasteiger partial charge in [-0.15, -0.1) is 23.7 Å². The number of fused-ring (bicyclic) bond motifs is 1. The molecule has 0 bridgehead atoms. The number of carbonyl (C=O) groups excluding carboxylic acids is 1. The first-order valence-electron chi connectivity index (χ1n) is 7.77. The Kier molecular flexibility index (Phi) is 5.69. The van der Waals surface area contributed by atoms with Gasteiger partial charge in [-0.25, -0.2) is 0 Å². The summed E-state index contributed by atoms with van der Waals surface area (Å²) < 4.78 is 0. The highest BCUT2D eigenvalue weighted by Gasteiger charge is 2.35. The first-order chi connectivity index (χ1) is 9.70.